The highest BCUT2D eigenvalue weighted by Gasteiger charge is 2.30. The maximum Gasteiger partial charge on any atom is 0.319 e. The maximum absolute atomic E-state index is 14.3. The number of carbonyl (C=O) groups is 1. The summed E-state index contributed by atoms with van der Waals surface area (Å²) >= 11 is 2.66. The molecular weight excluding hydrogens is 381 g/mol. The summed E-state index contributed by atoms with van der Waals surface area (Å²) < 4.78 is 18.6. The highest BCUT2D eigenvalue weighted by molar-refractivity contribution is 8.01. The van der Waals surface area contributed by atoms with Crippen molar-refractivity contribution in [2.24, 2.45) is 0 Å². The molecule has 0 unspecified atom stereocenters. The highest BCUT2D eigenvalue weighted by atomic mass is 32.2. The van der Waals surface area contributed by atoms with Gasteiger partial charge >= 0.3 is 5.97 Å². The van der Waals surface area contributed by atoms with Crippen LogP contribution >= 0.6 is 23.3 Å². The van der Waals surface area contributed by atoms with E-state index in [1.807, 2.05) is 30.3 Å². The third kappa shape index (κ3) is 3.09. The molecule has 0 saturated carbocycles. The lowest BCUT2D eigenvalue weighted by Gasteiger charge is -2.21. The van der Waals surface area contributed by atoms with E-state index in [0.717, 1.165) is 31.5 Å². The number of nitrogens with zero attached hydrogens (tertiary/aromatic N) is 1. The van der Waals surface area contributed by atoms with Crippen LogP contribution in [-0.2, 0) is 4.79 Å². The predicted octanol–water partition coefficient (Wildman–Crippen LogP) is 6.21. The van der Waals surface area contributed by atoms with Crippen LogP contribution < -0.4 is 0 Å². The fraction of sp³-hybridized carbons (Fsp3) is 0.143. The number of benzene rings is 3. The minimum Gasteiger partial charge on any atom is -0.480 e. The summed E-state index contributed by atoms with van der Waals surface area (Å²) in [6.07, 6.45) is 1.80. The molecule has 0 aliphatic carbocycles. The number of aromatic nitrogens is 1. The molecule has 0 spiro atoms. The molecular formula is C21H16FNO2S2. The fourth-order valence-corrected chi connectivity index (χ4v) is 5.02. The summed E-state index contributed by atoms with van der Waals surface area (Å²) in [7, 11) is 0. The number of thioether (sulfide) groups is 1. The molecule has 0 bridgehead atoms. The van der Waals surface area contributed by atoms with Crippen LogP contribution in [-0.4, -0.2) is 20.2 Å². The number of halogens is 1. The Morgan fingerprint density at radius 3 is 2.59 bits per heavy atom. The molecule has 1 aromatic heterocycles. The van der Waals surface area contributed by atoms with Crippen LogP contribution in [0.15, 0.2) is 59.6 Å². The first kappa shape index (κ1) is 17.9. The average Bonchev–Trinajstić information content (AvgIpc) is 3.11. The van der Waals surface area contributed by atoms with E-state index in [0.29, 0.717) is 5.39 Å². The molecule has 27 heavy (non-hydrogen) atoms. The second-order valence-corrected chi connectivity index (χ2v) is 9.21. The molecule has 0 amide bonds. The number of hydrogen-bond donors (Lipinski definition) is 1. The zero-order valence-electron chi connectivity index (χ0n) is 14.7. The number of fused-ring (bicyclic) bond motifs is 2. The van der Waals surface area contributed by atoms with Crippen molar-refractivity contribution in [3.05, 3.63) is 60.5 Å². The Kier molecular flexibility index (Phi) is 4.40. The van der Waals surface area contributed by atoms with E-state index >= 15 is 0 Å². The van der Waals surface area contributed by atoms with Crippen molar-refractivity contribution in [3.63, 3.8) is 0 Å². The van der Waals surface area contributed by atoms with E-state index < -0.39 is 10.7 Å². The summed E-state index contributed by atoms with van der Waals surface area (Å²) in [6, 6.07) is 14.5. The topological polar surface area (TPSA) is 50.2 Å². The molecule has 3 aromatic carbocycles. The van der Waals surface area contributed by atoms with Crippen molar-refractivity contribution in [1.82, 2.24) is 4.37 Å². The Labute approximate surface area is 164 Å². The van der Waals surface area contributed by atoms with E-state index in [1.165, 1.54) is 29.4 Å². The van der Waals surface area contributed by atoms with Crippen molar-refractivity contribution in [3.8, 4) is 11.1 Å². The predicted molar refractivity (Wildman–Crippen MR) is 110 cm³/mol. The molecule has 3 nitrogen and oxygen atoms in total. The third-order valence-corrected chi connectivity index (χ3v) is 6.58. The zero-order valence-corrected chi connectivity index (χ0v) is 16.3. The van der Waals surface area contributed by atoms with Crippen LogP contribution in [0.25, 0.3) is 32.0 Å². The summed E-state index contributed by atoms with van der Waals surface area (Å²) in [5.74, 6) is -1.15. The van der Waals surface area contributed by atoms with Crippen molar-refractivity contribution < 1.29 is 14.3 Å². The van der Waals surface area contributed by atoms with Gasteiger partial charge in [-0.25, -0.2) is 4.39 Å². The van der Waals surface area contributed by atoms with E-state index in [9.17, 15) is 14.3 Å². The van der Waals surface area contributed by atoms with Gasteiger partial charge in [0.25, 0.3) is 0 Å². The van der Waals surface area contributed by atoms with E-state index in [2.05, 4.69) is 4.37 Å². The van der Waals surface area contributed by atoms with Gasteiger partial charge in [-0.3, -0.25) is 4.79 Å². The van der Waals surface area contributed by atoms with Crippen LogP contribution in [0.4, 0.5) is 4.39 Å². The molecule has 0 aliphatic heterocycles. The lowest BCUT2D eigenvalue weighted by molar-refractivity contribution is -0.138. The quantitative estimate of drug-likeness (QED) is 0.416. The number of aliphatic carboxylic acids is 1. The maximum atomic E-state index is 14.3. The summed E-state index contributed by atoms with van der Waals surface area (Å²) in [6.45, 7) is 3.37. The number of carboxylic acid groups (broad SMARTS) is 1. The molecule has 0 atom stereocenters. The van der Waals surface area contributed by atoms with Gasteiger partial charge in [0.2, 0.25) is 0 Å². The van der Waals surface area contributed by atoms with Crippen LogP contribution in [0.2, 0.25) is 0 Å². The van der Waals surface area contributed by atoms with Gasteiger partial charge in [-0.1, -0.05) is 36.4 Å². The van der Waals surface area contributed by atoms with Gasteiger partial charge in [0, 0.05) is 27.4 Å². The Hall–Kier alpha value is -2.44. The first-order valence-electron chi connectivity index (χ1n) is 8.36. The van der Waals surface area contributed by atoms with Gasteiger partial charge in [0.15, 0.2) is 0 Å². The lowest BCUT2D eigenvalue weighted by Crippen LogP contribution is -2.27. The average molecular weight is 397 g/mol. The Balaban J connectivity index is 2.04. The van der Waals surface area contributed by atoms with Crippen molar-refractivity contribution in [2.45, 2.75) is 23.5 Å². The number of rotatable bonds is 4. The Morgan fingerprint density at radius 2 is 1.85 bits per heavy atom. The van der Waals surface area contributed by atoms with Crippen molar-refractivity contribution >= 4 is 50.1 Å². The van der Waals surface area contributed by atoms with Gasteiger partial charge < -0.3 is 5.11 Å². The van der Waals surface area contributed by atoms with Gasteiger partial charge in [-0.05, 0) is 48.5 Å². The van der Waals surface area contributed by atoms with Crippen LogP contribution in [0.5, 0.6) is 0 Å². The molecule has 4 rings (SSSR count). The molecule has 6 heteroatoms. The highest BCUT2D eigenvalue weighted by Crippen LogP contribution is 2.45. The number of hydrogen-bond acceptors (Lipinski definition) is 4. The molecule has 136 valence electrons. The normalized spacial score (nSPS) is 12.0. The largest absolute Gasteiger partial charge is 0.480 e. The molecule has 0 fully saturated rings. The molecule has 0 radical (unpaired) electrons. The van der Waals surface area contributed by atoms with E-state index in [-0.39, 0.29) is 5.82 Å². The second-order valence-electron chi connectivity index (χ2n) is 6.74. The Bertz CT molecular complexity index is 1180. The van der Waals surface area contributed by atoms with Crippen LogP contribution in [0, 0.1) is 5.82 Å². The molecule has 4 aromatic rings. The van der Waals surface area contributed by atoms with E-state index in [1.54, 1.807) is 32.2 Å². The van der Waals surface area contributed by atoms with Gasteiger partial charge in [0.05, 0.1) is 4.70 Å². The minimum absolute atomic E-state index is 0.272. The minimum atomic E-state index is -0.997. The Morgan fingerprint density at radius 1 is 1.11 bits per heavy atom. The van der Waals surface area contributed by atoms with E-state index in [4.69, 9.17) is 0 Å². The molecule has 0 saturated heterocycles. The molecule has 1 N–H and O–H groups in total. The summed E-state index contributed by atoms with van der Waals surface area (Å²) in [5, 5.41) is 11.9. The van der Waals surface area contributed by atoms with Crippen LogP contribution in [0.3, 0.4) is 0 Å². The standard InChI is InChI=1S/C21H16FNO2S2/c1-21(2,20(24)25)26-17-10-7-12-11-23-27-19(12)18(17)15-8-9-16(22)14-6-4-3-5-13(14)15/h3-11H,1-2H3,(H,24,25). The first-order valence-corrected chi connectivity index (χ1v) is 9.95. The van der Waals surface area contributed by atoms with Crippen LogP contribution in [0.1, 0.15) is 13.8 Å². The van der Waals surface area contributed by atoms with Gasteiger partial charge in [0.1, 0.15) is 10.6 Å². The SMILES string of the molecule is CC(C)(Sc1ccc2cnsc2c1-c1ccc(F)c2ccccc12)C(=O)O. The summed E-state index contributed by atoms with van der Waals surface area (Å²) in [4.78, 5) is 12.5. The zero-order chi connectivity index (χ0) is 19.2. The third-order valence-electron chi connectivity index (χ3n) is 4.51. The van der Waals surface area contributed by atoms with Gasteiger partial charge in [-0.15, -0.1) is 11.8 Å². The van der Waals surface area contributed by atoms with Gasteiger partial charge in [-0.2, -0.15) is 4.37 Å². The van der Waals surface area contributed by atoms with Crippen molar-refractivity contribution in [1.29, 1.82) is 0 Å². The lowest BCUT2D eigenvalue weighted by atomic mass is 9.97. The molecule has 1 heterocycles. The molecule has 0 aliphatic rings. The second kappa shape index (κ2) is 6.62. The number of carboxylic acids is 1. The first-order chi connectivity index (χ1) is 12.9. The smallest absolute Gasteiger partial charge is 0.319 e. The monoisotopic (exact) mass is 397 g/mol. The fourth-order valence-electron chi connectivity index (χ4n) is 3.06. The van der Waals surface area contributed by atoms with Crippen molar-refractivity contribution in [2.75, 3.05) is 0 Å². The summed E-state index contributed by atoms with van der Waals surface area (Å²) in [5.41, 5.74) is 1.79.